The Hall–Kier alpha value is -7.99. The monoisotopic (exact) mass is 811 g/mol. The van der Waals surface area contributed by atoms with Crippen LogP contribution in [0.2, 0.25) is 0 Å². The summed E-state index contributed by atoms with van der Waals surface area (Å²) in [5.74, 6) is 0.581. The van der Waals surface area contributed by atoms with Gasteiger partial charge in [-0.2, -0.15) is 0 Å². The van der Waals surface area contributed by atoms with Gasteiger partial charge in [0, 0.05) is 70.6 Å². The molecule has 12 rings (SSSR count). The molecule has 0 aliphatic heterocycles. The Kier molecular flexibility index (Phi) is 8.65. The predicted molar refractivity (Wildman–Crippen MR) is 262 cm³/mol. The van der Waals surface area contributed by atoms with E-state index in [1.807, 2.05) is 11.3 Å². The number of anilines is 6. The van der Waals surface area contributed by atoms with E-state index in [0.717, 1.165) is 72.3 Å². The van der Waals surface area contributed by atoms with Gasteiger partial charge in [-0.25, -0.2) is 4.98 Å². The van der Waals surface area contributed by atoms with Crippen LogP contribution in [-0.2, 0) is 0 Å². The minimum absolute atomic E-state index is 0.581. The van der Waals surface area contributed by atoms with Crippen molar-refractivity contribution >= 4 is 98.3 Å². The molecule has 0 aliphatic rings. The van der Waals surface area contributed by atoms with Gasteiger partial charge in [-0.1, -0.05) is 127 Å². The van der Waals surface area contributed by atoms with E-state index in [1.54, 1.807) is 0 Å². The molecular formula is C57H37N3OS. The van der Waals surface area contributed by atoms with Crippen LogP contribution in [0.4, 0.5) is 34.1 Å². The van der Waals surface area contributed by atoms with Crippen LogP contribution in [0, 0.1) is 0 Å². The predicted octanol–water partition coefficient (Wildman–Crippen LogP) is 16.8. The number of hydrogen-bond acceptors (Lipinski definition) is 5. The van der Waals surface area contributed by atoms with Crippen molar-refractivity contribution in [3.8, 4) is 22.6 Å². The standard InChI is InChI=1S/C57H37N3OS/c1-4-15-38(16-5-1)39-27-29-43(30-28-39)60(46-32-34-54-52(37-46)48-24-12-13-26-53(48)62-54)44-22-14-17-40(35-44)57-58-55-49-33-31-45(36-51(49)47-23-10-11-25-50(47)56(55)61-57)59(41-18-6-2-7-19-41)42-20-8-3-9-21-42/h1-37H. The maximum atomic E-state index is 6.86. The fraction of sp³-hybridized carbons (Fsp3) is 0. The Balaban J connectivity index is 1.00. The van der Waals surface area contributed by atoms with Crippen molar-refractivity contribution in [1.29, 1.82) is 0 Å². The minimum atomic E-state index is 0.581. The van der Waals surface area contributed by atoms with Crippen LogP contribution in [0.15, 0.2) is 229 Å². The van der Waals surface area contributed by atoms with E-state index in [4.69, 9.17) is 9.40 Å². The number of nitrogens with zero attached hydrogens (tertiary/aromatic N) is 3. The smallest absolute Gasteiger partial charge is 0.227 e. The molecule has 0 unspecified atom stereocenters. The molecule has 0 fully saturated rings. The number of hydrogen-bond donors (Lipinski definition) is 0. The van der Waals surface area contributed by atoms with Crippen LogP contribution in [-0.4, -0.2) is 4.98 Å². The molecule has 0 spiro atoms. The zero-order valence-corrected chi connectivity index (χ0v) is 34.3. The van der Waals surface area contributed by atoms with E-state index >= 15 is 0 Å². The van der Waals surface area contributed by atoms with Crippen molar-refractivity contribution < 1.29 is 4.42 Å². The average molecular weight is 812 g/mol. The number of fused-ring (bicyclic) bond motifs is 9. The Morgan fingerprint density at radius 1 is 0.323 bits per heavy atom. The largest absolute Gasteiger partial charge is 0.435 e. The van der Waals surface area contributed by atoms with Gasteiger partial charge in [0.25, 0.3) is 0 Å². The number of thiophene rings is 1. The molecule has 292 valence electrons. The Labute approximate surface area is 362 Å². The number of para-hydroxylation sites is 2. The average Bonchev–Trinajstić information content (AvgIpc) is 3.96. The summed E-state index contributed by atoms with van der Waals surface area (Å²) in [4.78, 5) is 9.95. The van der Waals surface area contributed by atoms with E-state index < -0.39 is 0 Å². The van der Waals surface area contributed by atoms with E-state index in [9.17, 15) is 0 Å². The molecule has 5 heteroatoms. The van der Waals surface area contributed by atoms with Crippen LogP contribution < -0.4 is 9.80 Å². The lowest BCUT2D eigenvalue weighted by atomic mass is 9.99. The number of benzene rings is 10. The van der Waals surface area contributed by atoms with Crippen LogP contribution in [0.3, 0.4) is 0 Å². The fourth-order valence-electron chi connectivity index (χ4n) is 8.94. The highest BCUT2D eigenvalue weighted by Gasteiger charge is 2.21. The van der Waals surface area contributed by atoms with E-state index in [-0.39, 0.29) is 0 Å². The lowest BCUT2D eigenvalue weighted by Crippen LogP contribution is -2.10. The second-order valence-corrected chi connectivity index (χ2v) is 16.6. The van der Waals surface area contributed by atoms with Crippen molar-refractivity contribution in [2.45, 2.75) is 0 Å². The highest BCUT2D eigenvalue weighted by atomic mass is 32.1. The third-order valence-electron chi connectivity index (χ3n) is 11.8. The molecule has 0 saturated heterocycles. The molecule has 62 heavy (non-hydrogen) atoms. The lowest BCUT2D eigenvalue weighted by molar-refractivity contribution is 0.623. The first kappa shape index (κ1) is 35.9. The summed E-state index contributed by atoms with van der Waals surface area (Å²) in [5, 5.41) is 6.85. The van der Waals surface area contributed by atoms with E-state index in [1.165, 1.54) is 31.3 Å². The lowest BCUT2D eigenvalue weighted by Gasteiger charge is -2.26. The summed E-state index contributed by atoms with van der Waals surface area (Å²) in [6.07, 6.45) is 0. The van der Waals surface area contributed by atoms with Crippen molar-refractivity contribution in [3.05, 3.63) is 224 Å². The second kappa shape index (κ2) is 14.9. The molecule has 4 nitrogen and oxygen atoms in total. The van der Waals surface area contributed by atoms with E-state index in [0.29, 0.717) is 5.89 Å². The number of aromatic nitrogens is 1. The molecule has 0 radical (unpaired) electrons. The third kappa shape index (κ3) is 6.18. The number of rotatable bonds is 8. The van der Waals surface area contributed by atoms with Gasteiger partial charge < -0.3 is 14.2 Å². The van der Waals surface area contributed by atoms with Gasteiger partial charge in [-0.3, -0.25) is 0 Å². The summed E-state index contributed by atoms with van der Waals surface area (Å²) < 4.78 is 9.42. The fourth-order valence-corrected chi connectivity index (χ4v) is 10.0. The zero-order chi connectivity index (χ0) is 41.0. The van der Waals surface area contributed by atoms with Crippen molar-refractivity contribution in [2.24, 2.45) is 0 Å². The molecule has 0 N–H and O–H groups in total. The van der Waals surface area contributed by atoms with Gasteiger partial charge in [0.15, 0.2) is 5.58 Å². The summed E-state index contributed by atoms with van der Waals surface area (Å²) in [7, 11) is 0. The highest BCUT2D eigenvalue weighted by molar-refractivity contribution is 7.25. The SMILES string of the molecule is c1ccc(-c2ccc(N(c3cccc(-c4nc5c6ccc(N(c7ccccc7)c7ccccc7)cc6c6ccccc6c5o4)c3)c3ccc4sc5ccccc5c4c3)cc2)cc1. The summed E-state index contributed by atoms with van der Waals surface area (Å²) in [5.41, 5.74) is 11.3. The van der Waals surface area contributed by atoms with Crippen LogP contribution >= 0.6 is 11.3 Å². The zero-order valence-electron chi connectivity index (χ0n) is 33.5. The first-order valence-electron chi connectivity index (χ1n) is 20.9. The molecule has 2 aromatic heterocycles. The Bertz CT molecular complexity index is 3540. The summed E-state index contributed by atoms with van der Waals surface area (Å²) >= 11 is 1.83. The first-order chi connectivity index (χ1) is 30.7. The molecule has 10 aromatic carbocycles. The molecule has 0 aliphatic carbocycles. The number of oxazole rings is 1. The van der Waals surface area contributed by atoms with Gasteiger partial charge in [0.1, 0.15) is 5.52 Å². The molecule has 0 bridgehead atoms. The minimum Gasteiger partial charge on any atom is -0.435 e. The second-order valence-electron chi connectivity index (χ2n) is 15.6. The highest BCUT2D eigenvalue weighted by Crippen LogP contribution is 2.44. The van der Waals surface area contributed by atoms with E-state index in [2.05, 4.69) is 234 Å². The van der Waals surface area contributed by atoms with Crippen LogP contribution in [0.5, 0.6) is 0 Å². The molecule has 0 atom stereocenters. The van der Waals surface area contributed by atoms with Gasteiger partial charge >= 0.3 is 0 Å². The van der Waals surface area contributed by atoms with Gasteiger partial charge in [0.05, 0.1) is 0 Å². The molecule has 2 heterocycles. The van der Waals surface area contributed by atoms with Crippen molar-refractivity contribution in [1.82, 2.24) is 4.98 Å². The van der Waals surface area contributed by atoms with Crippen molar-refractivity contribution in [3.63, 3.8) is 0 Å². The molecule has 12 aromatic rings. The topological polar surface area (TPSA) is 32.5 Å². The molecule has 0 saturated carbocycles. The van der Waals surface area contributed by atoms with Gasteiger partial charge in [-0.15, -0.1) is 11.3 Å². The summed E-state index contributed by atoms with van der Waals surface area (Å²) in [6, 6.07) is 79.7. The van der Waals surface area contributed by atoms with Crippen LogP contribution in [0.1, 0.15) is 0 Å². The van der Waals surface area contributed by atoms with Crippen molar-refractivity contribution in [2.75, 3.05) is 9.80 Å². The molecule has 0 amide bonds. The third-order valence-corrected chi connectivity index (χ3v) is 13.0. The van der Waals surface area contributed by atoms with Gasteiger partial charge in [-0.05, 0) is 119 Å². The van der Waals surface area contributed by atoms with Crippen LogP contribution in [0.25, 0.3) is 75.4 Å². The van der Waals surface area contributed by atoms with Gasteiger partial charge in [0.2, 0.25) is 5.89 Å². The molecular weight excluding hydrogens is 775 g/mol. The quantitative estimate of drug-likeness (QED) is 0.143. The normalized spacial score (nSPS) is 11.5. The maximum Gasteiger partial charge on any atom is 0.227 e. The summed E-state index contributed by atoms with van der Waals surface area (Å²) in [6.45, 7) is 0. The Morgan fingerprint density at radius 3 is 1.56 bits per heavy atom. The Morgan fingerprint density at radius 2 is 0.823 bits per heavy atom. The maximum absolute atomic E-state index is 6.86. The first-order valence-corrected chi connectivity index (χ1v) is 21.7.